The first-order chi connectivity index (χ1) is 9.97. The summed E-state index contributed by atoms with van der Waals surface area (Å²) in [6, 6.07) is 5.16. The number of anilines is 1. The summed E-state index contributed by atoms with van der Waals surface area (Å²) < 4.78 is 0. The Morgan fingerprint density at radius 3 is 2.86 bits per heavy atom. The summed E-state index contributed by atoms with van der Waals surface area (Å²) in [7, 11) is 1.71. The first-order valence-electron chi connectivity index (χ1n) is 6.40. The Labute approximate surface area is 131 Å². The van der Waals surface area contributed by atoms with Crippen molar-refractivity contribution in [1.82, 2.24) is 4.90 Å². The Hall–Kier alpha value is -1.85. The molecule has 108 valence electrons. The van der Waals surface area contributed by atoms with Gasteiger partial charge in [0.15, 0.2) is 0 Å². The van der Waals surface area contributed by atoms with E-state index in [1.54, 1.807) is 24.1 Å². The van der Waals surface area contributed by atoms with Crippen LogP contribution in [0.4, 0.5) is 10.5 Å². The zero-order valence-electron chi connectivity index (χ0n) is 11.6. The van der Waals surface area contributed by atoms with Crippen LogP contribution in [0.25, 0.3) is 0 Å². The van der Waals surface area contributed by atoms with E-state index in [0.717, 1.165) is 16.8 Å². The lowest BCUT2D eigenvalue weighted by molar-refractivity contribution is 0.104. The topological polar surface area (TPSA) is 49.4 Å². The monoisotopic (exact) mass is 320 g/mol. The second kappa shape index (κ2) is 5.16. The summed E-state index contributed by atoms with van der Waals surface area (Å²) in [5.41, 5.74) is 3.17. The van der Waals surface area contributed by atoms with Gasteiger partial charge >= 0.3 is 6.03 Å². The van der Waals surface area contributed by atoms with Gasteiger partial charge in [-0.05, 0) is 41.6 Å². The Bertz CT molecular complexity index is 754. The van der Waals surface area contributed by atoms with E-state index in [2.05, 4.69) is 5.32 Å². The number of hydrogen-bond acceptors (Lipinski definition) is 3. The third kappa shape index (κ3) is 2.43. The number of amides is 2. The summed E-state index contributed by atoms with van der Waals surface area (Å²) in [4.78, 5) is 26.2. The van der Waals surface area contributed by atoms with Gasteiger partial charge in [-0.25, -0.2) is 4.79 Å². The second-order valence-corrected chi connectivity index (χ2v) is 6.31. The molecular formula is C15H13ClN2O2S. The van der Waals surface area contributed by atoms with Crippen LogP contribution < -0.4 is 5.32 Å². The molecule has 1 aliphatic heterocycles. The lowest BCUT2D eigenvalue weighted by Crippen LogP contribution is -2.35. The van der Waals surface area contributed by atoms with Gasteiger partial charge in [0.25, 0.3) is 0 Å². The predicted molar refractivity (Wildman–Crippen MR) is 84.4 cm³/mol. The lowest BCUT2D eigenvalue weighted by Gasteiger charge is -2.26. The third-order valence-electron chi connectivity index (χ3n) is 3.47. The first-order valence-corrected chi connectivity index (χ1v) is 7.66. The van der Waals surface area contributed by atoms with Crippen molar-refractivity contribution in [2.75, 3.05) is 12.4 Å². The zero-order valence-corrected chi connectivity index (χ0v) is 13.1. The number of carbonyl (C=O) groups is 2. The fraction of sp³-hybridized carbons (Fsp3) is 0.200. The summed E-state index contributed by atoms with van der Waals surface area (Å²) in [6.07, 6.45) is 0. The number of aryl methyl sites for hydroxylation is 1. The summed E-state index contributed by atoms with van der Waals surface area (Å²) in [5.74, 6) is -0.0829. The van der Waals surface area contributed by atoms with Gasteiger partial charge in [0.05, 0.1) is 9.90 Å². The van der Waals surface area contributed by atoms with Crippen molar-refractivity contribution in [3.8, 4) is 0 Å². The maximum absolute atomic E-state index is 12.5. The van der Waals surface area contributed by atoms with Gasteiger partial charge in [0.1, 0.15) is 0 Å². The average molecular weight is 321 g/mol. The molecule has 3 rings (SSSR count). The summed E-state index contributed by atoms with van der Waals surface area (Å²) >= 11 is 7.52. The molecule has 0 unspecified atom stereocenters. The van der Waals surface area contributed by atoms with Crippen LogP contribution in [0.5, 0.6) is 0 Å². The predicted octanol–water partition coefficient (Wildman–Crippen LogP) is 3.92. The molecule has 2 aromatic rings. The smallest absolute Gasteiger partial charge is 0.321 e. The van der Waals surface area contributed by atoms with Crippen LogP contribution >= 0.6 is 22.9 Å². The molecule has 0 spiro atoms. The van der Waals surface area contributed by atoms with Crippen LogP contribution in [-0.4, -0.2) is 23.8 Å². The van der Waals surface area contributed by atoms with Gasteiger partial charge in [0, 0.05) is 24.8 Å². The number of thiophene rings is 1. The zero-order chi connectivity index (χ0) is 15.1. The van der Waals surface area contributed by atoms with E-state index in [9.17, 15) is 9.59 Å². The highest BCUT2D eigenvalue weighted by atomic mass is 35.5. The van der Waals surface area contributed by atoms with Crippen molar-refractivity contribution in [2.45, 2.75) is 13.5 Å². The highest BCUT2D eigenvalue weighted by Gasteiger charge is 2.22. The molecule has 0 saturated heterocycles. The normalized spacial score (nSPS) is 13.9. The van der Waals surface area contributed by atoms with Crippen LogP contribution in [0.3, 0.4) is 0 Å². The molecule has 0 atom stereocenters. The SMILES string of the molecule is Cc1csc(C(=O)c2ccc3c(c2)CN(C)C(=O)N3)c1Cl. The van der Waals surface area contributed by atoms with Crippen molar-refractivity contribution in [1.29, 1.82) is 0 Å². The molecule has 0 radical (unpaired) electrons. The van der Waals surface area contributed by atoms with Gasteiger partial charge in [-0.3, -0.25) is 4.79 Å². The van der Waals surface area contributed by atoms with Crippen LogP contribution in [0, 0.1) is 6.92 Å². The number of carbonyl (C=O) groups excluding carboxylic acids is 2. The molecule has 1 aliphatic rings. The van der Waals surface area contributed by atoms with Gasteiger partial charge in [-0.15, -0.1) is 11.3 Å². The highest BCUT2D eigenvalue weighted by molar-refractivity contribution is 7.13. The average Bonchev–Trinajstić information content (AvgIpc) is 2.79. The number of nitrogens with one attached hydrogen (secondary N) is 1. The molecule has 1 aromatic heterocycles. The van der Waals surface area contributed by atoms with Gasteiger partial charge in [-0.1, -0.05) is 11.6 Å². The van der Waals surface area contributed by atoms with E-state index in [-0.39, 0.29) is 11.8 Å². The molecule has 2 amide bonds. The van der Waals surface area contributed by atoms with Crippen LogP contribution in [-0.2, 0) is 6.54 Å². The fourth-order valence-corrected chi connectivity index (χ4v) is 3.48. The molecule has 2 heterocycles. The van der Waals surface area contributed by atoms with Crippen molar-refractivity contribution < 1.29 is 9.59 Å². The minimum atomic E-state index is -0.140. The van der Waals surface area contributed by atoms with E-state index in [1.165, 1.54) is 11.3 Å². The molecule has 21 heavy (non-hydrogen) atoms. The van der Waals surface area contributed by atoms with E-state index in [1.807, 2.05) is 18.4 Å². The van der Waals surface area contributed by atoms with E-state index in [4.69, 9.17) is 11.6 Å². The molecule has 6 heteroatoms. The van der Waals surface area contributed by atoms with Crippen molar-refractivity contribution in [3.05, 3.63) is 50.2 Å². The maximum Gasteiger partial charge on any atom is 0.321 e. The summed E-state index contributed by atoms with van der Waals surface area (Å²) in [6.45, 7) is 2.37. The first kappa shape index (κ1) is 14.1. The minimum Gasteiger partial charge on any atom is -0.323 e. The Kier molecular flexibility index (Phi) is 3.47. The Morgan fingerprint density at radius 1 is 1.43 bits per heavy atom. The van der Waals surface area contributed by atoms with Gasteiger partial charge in [0.2, 0.25) is 5.78 Å². The molecule has 1 aromatic carbocycles. The van der Waals surface area contributed by atoms with Crippen LogP contribution in [0.2, 0.25) is 5.02 Å². The number of nitrogens with zero attached hydrogens (tertiary/aromatic N) is 1. The van der Waals surface area contributed by atoms with Crippen LogP contribution in [0.1, 0.15) is 26.4 Å². The van der Waals surface area contributed by atoms with Gasteiger partial charge < -0.3 is 10.2 Å². The highest BCUT2D eigenvalue weighted by Crippen LogP contribution is 2.31. The molecule has 0 aliphatic carbocycles. The number of ketones is 1. The van der Waals surface area contributed by atoms with Crippen molar-refractivity contribution in [2.24, 2.45) is 0 Å². The number of urea groups is 1. The summed E-state index contributed by atoms with van der Waals surface area (Å²) in [5, 5.41) is 5.18. The maximum atomic E-state index is 12.5. The van der Waals surface area contributed by atoms with Crippen molar-refractivity contribution in [3.63, 3.8) is 0 Å². The standard InChI is InChI=1S/C15H13ClN2O2S/c1-8-7-21-14(12(8)16)13(19)9-3-4-11-10(5-9)6-18(2)15(20)17-11/h3-5,7H,6H2,1-2H3,(H,17,20). The van der Waals surface area contributed by atoms with Crippen molar-refractivity contribution >= 4 is 40.4 Å². The third-order valence-corrected chi connectivity index (χ3v) is 5.16. The minimum absolute atomic E-state index is 0.0829. The molecule has 4 nitrogen and oxygen atoms in total. The molecule has 0 fully saturated rings. The molecule has 0 bridgehead atoms. The quantitative estimate of drug-likeness (QED) is 0.853. The molecule has 1 N–H and O–H groups in total. The number of rotatable bonds is 2. The van der Waals surface area contributed by atoms with Crippen LogP contribution in [0.15, 0.2) is 23.6 Å². The van der Waals surface area contributed by atoms with Gasteiger partial charge in [-0.2, -0.15) is 0 Å². The van der Waals surface area contributed by atoms with E-state index >= 15 is 0 Å². The Morgan fingerprint density at radius 2 is 2.19 bits per heavy atom. The molecule has 0 saturated carbocycles. The number of fused-ring (bicyclic) bond motifs is 1. The fourth-order valence-electron chi connectivity index (χ4n) is 2.24. The van der Waals surface area contributed by atoms with E-state index < -0.39 is 0 Å². The second-order valence-electron chi connectivity index (χ2n) is 5.05. The number of benzene rings is 1. The number of halogens is 1. The number of hydrogen-bond donors (Lipinski definition) is 1. The lowest BCUT2D eigenvalue weighted by atomic mass is 10.0. The Balaban J connectivity index is 1.97. The molecular weight excluding hydrogens is 308 g/mol. The largest absolute Gasteiger partial charge is 0.323 e. The van der Waals surface area contributed by atoms with E-state index in [0.29, 0.717) is 22.0 Å².